The third-order valence-corrected chi connectivity index (χ3v) is 4.86. The van der Waals surface area contributed by atoms with E-state index >= 15 is 0 Å². The van der Waals surface area contributed by atoms with Crippen LogP contribution >= 0.6 is 0 Å². The van der Waals surface area contributed by atoms with E-state index in [4.69, 9.17) is 4.74 Å². The highest BCUT2D eigenvalue weighted by Gasteiger charge is 2.32. The Morgan fingerprint density at radius 3 is 2.62 bits per heavy atom. The highest BCUT2D eigenvalue weighted by atomic mass is 16.5. The van der Waals surface area contributed by atoms with Gasteiger partial charge >= 0.3 is 0 Å². The van der Waals surface area contributed by atoms with Gasteiger partial charge in [-0.2, -0.15) is 0 Å². The topological polar surface area (TPSA) is 29.5 Å². The summed E-state index contributed by atoms with van der Waals surface area (Å²) in [6.07, 6.45) is 4.35. The molecular weight excluding hydrogens is 262 g/mol. The van der Waals surface area contributed by atoms with Crippen molar-refractivity contribution in [3.63, 3.8) is 0 Å². The number of hydrogen-bond acceptors (Lipinski definition) is 3. The van der Waals surface area contributed by atoms with Gasteiger partial charge in [0, 0.05) is 44.0 Å². The number of benzene rings is 1. The monoisotopic (exact) mass is 285 g/mol. The molecule has 0 bridgehead atoms. The van der Waals surface area contributed by atoms with Crippen molar-refractivity contribution in [2.75, 3.05) is 20.2 Å². The maximum absolute atomic E-state index is 12.0. The molecule has 2 aliphatic rings. The highest BCUT2D eigenvalue weighted by molar-refractivity contribution is 6.01. The second kappa shape index (κ2) is 5.30. The predicted molar refractivity (Wildman–Crippen MR) is 84.1 cm³/mol. The maximum Gasteiger partial charge on any atom is 0.162 e. The fourth-order valence-corrected chi connectivity index (χ4v) is 3.24. The molecule has 0 atom stereocenters. The summed E-state index contributed by atoms with van der Waals surface area (Å²) < 4.78 is 5.61. The van der Waals surface area contributed by atoms with Gasteiger partial charge in [0.1, 0.15) is 0 Å². The van der Waals surface area contributed by atoms with Crippen molar-refractivity contribution in [3.8, 4) is 0 Å². The Morgan fingerprint density at radius 2 is 1.95 bits per heavy atom. The number of allylic oxidation sites excluding steroid dienone is 1. The number of fused-ring (bicyclic) bond motifs is 1. The first-order chi connectivity index (χ1) is 10.0. The van der Waals surface area contributed by atoms with Crippen LogP contribution in [0.2, 0.25) is 0 Å². The SMILES string of the molecule is COC1(C)CCN(C2=CC(=O)Cc3ccc(C)cc32)CC1. The number of carbonyl (C=O) groups excluding carboxylic acids is 1. The lowest BCUT2D eigenvalue weighted by Gasteiger charge is -2.41. The molecule has 1 heterocycles. The van der Waals surface area contributed by atoms with Crippen molar-refractivity contribution in [2.24, 2.45) is 0 Å². The standard InChI is InChI=1S/C18H23NO2/c1-13-4-5-14-11-15(20)12-17(16(14)10-13)19-8-6-18(2,21-3)7-9-19/h4-5,10,12H,6-9,11H2,1-3H3. The first-order valence-corrected chi connectivity index (χ1v) is 7.65. The summed E-state index contributed by atoms with van der Waals surface area (Å²) >= 11 is 0. The Morgan fingerprint density at radius 1 is 1.24 bits per heavy atom. The molecular formula is C18H23NO2. The van der Waals surface area contributed by atoms with E-state index in [9.17, 15) is 4.79 Å². The van der Waals surface area contributed by atoms with E-state index in [-0.39, 0.29) is 11.4 Å². The largest absolute Gasteiger partial charge is 0.378 e. The maximum atomic E-state index is 12.0. The Bertz CT molecular complexity index is 595. The number of methoxy groups -OCH3 is 1. The van der Waals surface area contributed by atoms with E-state index in [0.29, 0.717) is 6.42 Å². The van der Waals surface area contributed by atoms with Gasteiger partial charge in [0.15, 0.2) is 5.78 Å². The van der Waals surface area contributed by atoms with Crippen LogP contribution in [0.1, 0.15) is 36.5 Å². The lowest BCUT2D eigenvalue weighted by atomic mass is 9.88. The second-order valence-corrected chi connectivity index (χ2v) is 6.47. The minimum absolute atomic E-state index is 0.0226. The molecule has 112 valence electrons. The molecule has 1 saturated heterocycles. The van der Waals surface area contributed by atoms with Crippen LogP contribution < -0.4 is 0 Å². The number of piperidine rings is 1. The predicted octanol–water partition coefficient (Wildman–Crippen LogP) is 2.96. The molecule has 3 nitrogen and oxygen atoms in total. The number of nitrogens with zero attached hydrogens (tertiary/aromatic N) is 1. The average Bonchev–Trinajstić information content (AvgIpc) is 2.48. The third kappa shape index (κ3) is 2.75. The van der Waals surface area contributed by atoms with Crippen LogP contribution in [0.5, 0.6) is 0 Å². The third-order valence-electron chi connectivity index (χ3n) is 4.86. The van der Waals surface area contributed by atoms with Crippen LogP contribution in [-0.4, -0.2) is 36.5 Å². The molecule has 1 aliphatic heterocycles. The van der Waals surface area contributed by atoms with Gasteiger partial charge in [-0.1, -0.05) is 17.7 Å². The lowest BCUT2D eigenvalue weighted by molar-refractivity contribution is -0.114. The number of ketones is 1. The fourth-order valence-electron chi connectivity index (χ4n) is 3.24. The molecule has 0 unspecified atom stereocenters. The summed E-state index contributed by atoms with van der Waals surface area (Å²) in [5.41, 5.74) is 4.71. The Labute approximate surface area is 126 Å². The smallest absolute Gasteiger partial charge is 0.162 e. The number of hydrogen-bond donors (Lipinski definition) is 0. The first kappa shape index (κ1) is 14.3. The van der Waals surface area contributed by atoms with E-state index in [1.54, 1.807) is 7.11 Å². The van der Waals surface area contributed by atoms with Crippen molar-refractivity contribution < 1.29 is 9.53 Å². The molecule has 21 heavy (non-hydrogen) atoms. The van der Waals surface area contributed by atoms with Gasteiger partial charge in [-0.3, -0.25) is 4.79 Å². The minimum Gasteiger partial charge on any atom is -0.378 e. The van der Waals surface area contributed by atoms with Crippen molar-refractivity contribution in [3.05, 3.63) is 41.0 Å². The van der Waals surface area contributed by atoms with Crippen LogP contribution in [0.3, 0.4) is 0 Å². The number of carbonyl (C=O) groups is 1. The van der Waals surface area contributed by atoms with E-state index < -0.39 is 0 Å². The fraction of sp³-hybridized carbons (Fsp3) is 0.500. The van der Waals surface area contributed by atoms with E-state index in [2.05, 4.69) is 36.9 Å². The van der Waals surface area contributed by atoms with Crippen molar-refractivity contribution in [1.29, 1.82) is 0 Å². The van der Waals surface area contributed by atoms with Crippen molar-refractivity contribution in [2.45, 2.75) is 38.7 Å². The molecule has 3 rings (SSSR count). The zero-order valence-corrected chi connectivity index (χ0v) is 13.1. The summed E-state index contributed by atoms with van der Waals surface area (Å²) in [7, 11) is 1.79. The molecule has 0 amide bonds. The van der Waals surface area contributed by atoms with E-state index in [1.807, 2.05) is 6.08 Å². The second-order valence-electron chi connectivity index (χ2n) is 6.47. The molecule has 1 aliphatic carbocycles. The normalized spacial score (nSPS) is 21.0. The zero-order valence-electron chi connectivity index (χ0n) is 13.1. The van der Waals surface area contributed by atoms with Gasteiger partial charge in [-0.15, -0.1) is 0 Å². The quantitative estimate of drug-likeness (QED) is 0.836. The van der Waals surface area contributed by atoms with E-state index in [1.165, 1.54) is 11.1 Å². The van der Waals surface area contributed by atoms with Crippen molar-refractivity contribution in [1.82, 2.24) is 4.90 Å². The first-order valence-electron chi connectivity index (χ1n) is 7.65. The summed E-state index contributed by atoms with van der Waals surface area (Å²) in [6.45, 7) is 6.16. The van der Waals surface area contributed by atoms with Gasteiger partial charge in [0.2, 0.25) is 0 Å². The molecule has 0 aromatic heterocycles. The molecule has 0 spiro atoms. The van der Waals surface area contributed by atoms with Gasteiger partial charge in [0.05, 0.1) is 5.60 Å². The molecule has 1 aromatic rings. The van der Waals surface area contributed by atoms with Crippen LogP contribution in [0, 0.1) is 6.92 Å². The molecule has 1 aromatic carbocycles. The number of ether oxygens (including phenoxy) is 1. The Hall–Kier alpha value is -1.61. The number of rotatable bonds is 2. The Balaban J connectivity index is 1.89. The van der Waals surface area contributed by atoms with Gasteiger partial charge in [-0.05, 0) is 38.3 Å². The molecule has 3 heteroatoms. The van der Waals surface area contributed by atoms with Crippen LogP contribution in [-0.2, 0) is 16.0 Å². The average molecular weight is 285 g/mol. The highest BCUT2D eigenvalue weighted by Crippen LogP contribution is 2.33. The summed E-state index contributed by atoms with van der Waals surface area (Å²) in [5, 5.41) is 0. The summed E-state index contributed by atoms with van der Waals surface area (Å²) in [4.78, 5) is 14.4. The van der Waals surface area contributed by atoms with Crippen LogP contribution in [0.15, 0.2) is 24.3 Å². The molecule has 1 fully saturated rings. The minimum atomic E-state index is -0.0226. The number of likely N-dealkylation sites (tertiary alicyclic amines) is 1. The zero-order chi connectivity index (χ0) is 15.0. The Kier molecular flexibility index (Phi) is 3.62. The van der Waals surface area contributed by atoms with Crippen LogP contribution in [0.25, 0.3) is 5.70 Å². The van der Waals surface area contributed by atoms with Gasteiger partial charge in [0.25, 0.3) is 0 Å². The molecule has 0 N–H and O–H groups in total. The number of aryl methyl sites for hydroxylation is 1. The summed E-state index contributed by atoms with van der Waals surface area (Å²) in [5.74, 6) is 0.210. The lowest BCUT2D eigenvalue weighted by Crippen LogP contribution is -2.43. The van der Waals surface area contributed by atoms with Gasteiger partial charge in [-0.25, -0.2) is 0 Å². The van der Waals surface area contributed by atoms with E-state index in [0.717, 1.165) is 37.2 Å². The molecule has 0 radical (unpaired) electrons. The van der Waals surface area contributed by atoms with Gasteiger partial charge < -0.3 is 9.64 Å². The van der Waals surface area contributed by atoms with Crippen LogP contribution in [0.4, 0.5) is 0 Å². The summed E-state index contributed by atoms with van der Waals surface area (Å²) in [6, 6.07) is 6.39. The van der Waals surface area contributed by atoms with Crippen molar-refractivity contribution >= 4 is 11.5 Å². The molecule has 0 saturated carbocycles.